The van der Waals surface area contributed by atoms with Crippen LogP contribution in [0.15, 0.2) is 35.5 Å². The number of rotatable bonds is 7. The van der Waals surface area contributed by atoms with Crippen LogP contribution in [0.1, 0.15) is 32.6 Å². The van der Waals surface area contributed by atoms with Crippen LogP contribution in [0, 0.1) is 0 Å². The fourth-order valence-corrected chi connectivity index (χ4v) is 3.68. The highest BCUT2D eigenvalue weighted by Crippen LogP contribution is 2.28. The minimum absolute atomic E-state index is 0.0361. The molecular weight excluding hydrogens is 334 g/mol. The van der Waals surface area contributed by atoms with E-state index < -0.39 is 0 Å². The number of hydrogen-bond acceptors (Lipinski definition) is 5. The third kappa shape index (κ3) is 4.54. The normalized spacial score (nSPS) is 14.5. The molecule has 6 nitrogen and oxygen atoms in total. The second kappa shape index (κ2) is 8.89. The highest BCUT2D eigenvalue weighted by molar-refractivity contribution is 7.99. The van der Waals surface area contributed by atoms with Gasteiger partial charge in [0.25, 0.3) is 0 Å². The smallest absolute Gasteiger partial charge is 0.232 e. The summed E-state index contributed by atoms with van der Waals surface area (Å²) in [4.78, 5) is 14.2. The van der Waals surface area contributed by atoms with E-state index in [1.54, 1.807) is 0 Å². The first-order chi connectivity index (χ1) is 12.3. The first kappa shape index (κ1) is 17.8. The number of amides is 1. The van der Waals surface area contributed by atoms with Crippen LogP contribution < -0.4 is 10.2 Å². The third-order valence-corrected chi connectivity index (χ3v) is 5.10. The molecule has 2 heterocycles. The average Bonchev–Trinajstić information content (AvgIpc) is 3.10. The van der Waals surface area contributed by atoms with Crippen LogP contribution in [0.3, 0.4) is 0 Å². The van der Waals surface area contributed by atoms with E-state index in [1.165, 1.54) is 31.0 Å². The van der Waals surface area contributed by atoms with Crippen molar-refractivity contribution in [1.29, 1.82) is 0 Å². The van der Waals surface area contributed by atoms with E-state index >= 15 is 0 Å². The van der Waals surface area contributed by atoms with Gasteiger partial charge < -0.3 is 10.2 Å². The van der Waals surface area contributed by atoms with Gasteiger partial charge >= 0.3 is 0 Å². The Bertz CT molecular complexity index is 682. The second-order valence-corrected chi connectivity index (χ2v) is 7.08. The van der Waals surface area contributed by atoms with Crippen molar-refractivity contribution in [3.05, 3.63) is 30.3 Å². The average molecular weight is 359 g/mol. The lowest BCUT2D eigenvalue weighted by molar-refractivity contribution is -0.118. The van der Waals surface area contributed by atoms with E-state index in [2.05, 4.69) is 37.1 Å². The summed E-state index contributed by atoms with van der Waals surface area (Å²) in [7, 11) is 0. The summed E-state index contributed by atoms with van der Waals surface area (Å²) in [5.41, 5.74) is 1.03. The van der Waals surface area contributed by atoms with Crippen molar-refractivity contribution in [3.8, 4) is 5.69 Å². The summed E-state index contributed by atoms with van der Waals surface area (Å²) in [6, 6.07) is 10.1. The lowest BCUT2D eigenvalue weighted by Crippen LogP contribution is -2.31. The molecule has 1 aliphatic rings. The van der Waals surface area contributed by atoms with Crippen molar-refractivity contribution in [1.82, 2.24) is 20.1 Å². The molecule has 1 N–H and O–H groups in total. The number of carbonyl (C=O) groups excluding carboxylic acids is 1. The van der Waals surface area contributed by atoms with Crippen molar-refractivity contribution in [2.75, 3.05) is 30.3 Å². The van der Waals surface area contributed by atoms with Crippen LogP contribution in [0.25, 0.3) is 5.69 Å². The summed E-state index contributed by atoms with van der Waals surface area (Å²) in [5.74, 6) is 1.27. The third-order valence-electron chi connectivity index (χ3n) is 4.17. The molecule has 1 aromatic heterocycles. The number of thioether (sulfide) groups is 1. The number of carbonyl (C=O) groups is 1. The van der Waals surface area contributed by atoms with Gasteiger partial charge in [0, 0.05) is 19.6 Å². The van der Waals surface area contributed by atoms with Crippen LogP contribution in [-0.2, 0) is 4.79 Å². The molecule has 0 unspecified atom stereocenters. The molecule has 0 spiro atoms. The van der Waals surface area contributed by atoms with Crippen LogP contribution in [-0.4, -0.2) is 46.1 Å². The molecule has 7 heteroatoms. The minimum atomic E-state index is 0.0361. The van der Waals surface area contributed by atoms with Crippen LogP contribution in [0.2, 0.25) is 0 Å². The molecule has 0 radical (unpaired) electrons. The zero-order valence-electron chi connectivity index (χ0n) is 14.6. The van der Waals surface area contributed by atoms with Gasteiger partial charge in [-0.2, -0.15) is 0 Å². The topological polar surface area (TPSA) is 63.1 Å². The lowest BCUT2D eigenvalue weighted by atomic mass is 10.1. The molecule has 3 rings (SSSR count). The number of para-hydroxylation sites is 1. The van der Waals surface area contributed by atoms with E-state index in [4.69, 9.17) is 0 Å². The summed E-state index contributed by atoms with van der Waals surface area (Å²) < 4.78 is 2.07. The SMILES string of the molecule is CCCNC(=O)CSc1nnc(N2CCCCC2)n1-c1ccccc1. The van der Waals surface area contributed by atoms with E-state index in [0.717, 1.165) is 36.3 Å². The van der Waals surface area contributed by atoms with Gasteiger partial charge in [-0.1, -0.05) is 36.9 Å². The Morgan fingerprint density at radius 1 is 1.16 bits per heavy atom. The molecular formula is C18H25N5OS. The van der Waals surface area contributed by atoms with E-state index in [0.29, 0.717) is 12.3 Å². The first-order valence-corrected chi connectivity index (χ1v) is 9.93. The molecule has 2 aromatic rings. The Balaban J connectivity index is 1.82. The Kier molecular flexibility index (Phi) is 6.33. The van der Waals surface area contributed by atoms with Crippen molar-refractivity contribution in [2.45, 2.75) is 37.8 Å². The fraction of sp³-hybridized carbons (Fsp3) is 0.500. The standard InChI is InChI=1S/C18H25N5OS/c1-2-11-19-16(24)14-25-18-21-20-17(22-12-7-4-8-13-22)23(18)15-9-5-3-6-10-15/h3,5-6,9-10H,2,4,7-8,11-14H2,1H3,(H,19,24). The number of aromatic nitrogens is 3. The van der Waals surface area contributed by atoms with Gasteiger partial charge in [0.2, 0.25) is 11.9 Å². The molecule has 1 amide bonds. The van der Waals surface area contributed by atoms with Gasteiger partial charge in [-0.15, -0.1) is 10.2 Å². The Labute approximate surface area is 153 Å². The van der Waals surface area contributed by atoms with Crippen molar-refractivity contribution in [2.24, 2.45) is 0 Å². The largest absolute Gasteiger partial charge is 0.355 e. The van der Waals surface area contributed by atoms with Gasteiger partial charge in [-0.3, -0.25) is 9.36 Å². The summed E-state index contributed by atoms with van der Waals surface area (Å²) >= 11 is 1.44. The number of nitrogens with one attached hydrogen (secondary N) is 1. The number of piperidine rings is 1. The Morgan fingerprint density at radius 2 is 1.92 bits per heavy atom. The second-order valence-electron chi connectivity index (χ2n) is 6.14. The monoisotopic (exact) mass is 359 g/mol. The van der Waals surface area contributed by atoms with Crippen LogP contribution >= 0.6 is 11.8 Å². The van der Waals surface area contributed by atoms with Crippen molar-refractivity contribution in [3.63, 3.8) is 0 Å². The molecule has 0 aliphatic carbocycles. The zero-order valence-corrected chi connectivity index (χ0v) is 15.5. The predicted octanol–water partition coefficient (Wildman–Crippen LogP) is 2.88. The Morgan fingerprint density at radius 3 is 2.64 bits per heavy atom. The zero-order chi connectivity index (χ0) is 17.5. The number of nitrogens with zero attached hydrogens (tertiary/aromatic N) is 4. The van der Waals surface area contributed by atoms with Crippen molar-refractivity contribution >= 4 is 23.6 Å². The van der Waals surface area contributed by atoms with Gasteiger partial charge in [-0.25, -0.2) is 0 Å². The molecule has 134 valence electrons. The highest BCUT2D eigenvalue weighted by Gasteiger charge is 2.21. The first-order valence-electron chi connectivity index (χ1n) is 8.95. The summed E-state index contributed by atoms with van der Waals surface area (Å²) in [6.07, 6.45) is 4.58. The van der Waals surface area contributed by atoms with Gasteiger partial charge in [0.05, 0.1) is 11.4 Å². The van der Waals surface area contributed by atoms with E-state index in [9.17, 15) is 4.79 Å². The highest BCUT2D eigenvalue weighted by atomic mass is 32.2. The maximum Gasteiger partial charge on any atom is 0.232 e. The summed E-state index contributed by atoms with van der Waals surface area (Å²) in [6.45, 7) is 4.77. The van der Waals surface area contributed by atoms with E-state index in [-0.39, 0.29) is 5.91 Å². The molecule has 1 aromatic carbocycles. The van der Waals surface area contributed by atoms with Gasteiger partial charge in [-0.05, 0) is 37.8 Å². The maximum atomic E-state index is 11.9. The van der Waals surface area contributed by atoms with E-state index in [1.807, 2.05) is 25.1 Å². The van der Waals surface area contributed by atoms with Crippen LogP contribution in [0.5, 0.6) is 0 Å². The molecule has 1 saturated heterocycles. The minimum Gasteiger partial charge on any atom is -0.355 e. The number of hydrogen-bond donors (Lipinski definition) is 1. The fourth-order valence-electron chi connectivity index (χ4n) is 2.90. The molecule has 1 aliphatic heterocycles. The number of anilines is 1. The molecule has 1 fully saturated rings. The molecule has 25 heavy (non-hydrogen) atoms. The maximum absolute atomic E-state index is 11.9. The van der Waals surface area contributed by atoms with Gasteiger partial charge in [0.15, 0.2) is 5.16 Å². The van der Waals surface area contributed by atoms with Gasteiger partial charge in [0.1, 0.15) is 0 Å². The molecule has 0 atom stereocenters. The summed E-state index contributed by atoms with van der Waals surface area (Å²) in [5, 5.41) is 12.5. The molecule has 0 bridgehead atoms. The molecule has 0 saturated carbocycles. The Hall–Kier alpha value is -2.02. The van der Waals surface area contributed by atoms with Crippen LogP contribution in [0.4, 0.5) is 5.95 Å². The van der Waals surface area contributed by atoms with Crippen molar-refractivity contribution < 1.29 is 4.79 Å². The quantitative estimate of drug-likeness (QED) is 0.770. The number of benzene rings is 1. The lowest BCUT2D eigenvalue weighted by Gasteiger charge is -2.27. The predicted molar refractivity (Wildman–Crippen MR) is 101 cm³/mol.